The molecule has 5 nitrogen and oxygen atoms in total. The van der Waals surface area contributed by atoms with E-state index in [0.29, 0.717) is 0 Å². The van der Waals surface area contributed by atoms with Crippen molar-refractivity contribution in [3.8, 4) is 0 Å². The van der Waals surface area contributed by atoms with E-state index in [1.807, 2.05) is 0 Å². The number of hydrogen-bond acceptors (Lipinski definition) is 5. The molecule has 8 heavy (non-hydrogen) atoms. The first kappa shape index (κ1) is 15.7. The molecule has 0 spiro atoms. The van der Waals surface area contributed by atoms with Crippen LogP contribution in [0, 0.1) is 0 Å². The molecule has 0 fully saturated rings. The van der Waals surface area contributed by atoms with Crippen LogP contribution in [-0.4, -0.2) is 39.9 Å². The molecule has 0 saturated heterocycles. The minimum Gasteiger partial charge on any atom is -0.759 e. The Morgan fingerprint density at radius 3 is 1.25 bits per heavy atom. The van der Waals surface area contributed by atoms with Gasteiger partial charge in [0.05, 0.1) is 0 Å². The van der Waals surface area contributed by atoms with Crippen molar-refractivity contribution in [1.82, 2.24) is 0 Å². The van der Waals surface area contributed by atoms with E-state index in [0.717, 1.165) is 7.11 Å². The van der Waals surface area contributed by atoms with Gasteiger partial charge in [-0.3, -0.25) is 8.42 Å². The monoisotopic (exact) mass is 137 g/mol. The van der Waals surface area contributed by atoms with E-state index in [2.05, 4.69) is 0 Å². The maximum Gasteiger partial charge on any atom is 2.00 e. The second-order valence-electron chi connectivity index (χ2n) is 0.408. The van der Waals surface area contributed by atoms with Crippen molar-refractivity contribution in [2.75, 3.05) is 7.11 Å². The largest absolute Gasteiger partial charge is 2.00 e. The van der Waals surface area contributed by atoms with Gasteiger partial charge in [0.25, 0.3) is 0 Å². The molecule has 0 aliphatic carbocycles. The van der Waals surface area contributed by atoms with Crippen LogP contribution in [0.4, 0.5) is 0 Å². The van der Waals surface area contributed by atoms with Gasteiger partial charge in [0, 0.05) is 17.5 Å². The topological polar surface area (TPSA) is 100 Å². The Labute approximate surface area is 51.1 Å². The van der Waals surface area contributed by atoms with Gasteiger partial charge in [-0.25, -0.2) is 0 Å². The predicted molar refractivity (Wildman–Crippen MR) is 24.4 cm³/mol. The fourth-order valence-electron chi connectivity index (χ4n) is 0. The van der Waals surface area contributed by atoms with E-state index < -0.39 is 10.4 Å². The molecular formula is CH4BeO5S. The summed E-state index contributed by atoms with van der Waals surface area (Å²) in [6.45, 7) is 0. The Balaban J connectivity index is -0.0000000750. The van der Waals surface area contributed by atoms with E-state index in [9.17, 15) is 0 Å². The van der Waals surface area contributed by atoms with Gasteiger partial charge in [-0.1, -0.05) is 0 Å². The van der Waals surface area contributed by atoms with Crippen molar-refractivity contribution in [2.24, 2.45) is 0 Å². The summed E-state index contributed by atoms with van der Waals surface area (Å²) < 4.78 is 34.1. The Bertz CT molecular complexity index is 95.6. The second kappa shape index (κ2) is 7.00. The van der Waals surface area contributed by atoms with E-state index >= 15 is 0 Å². The Morgan fingerprint density at radius 1 is 1.25 bits per heavy atom. The van der Waals surface area contributed by atoms with Crippen molar-refractivity contribution >= 4 is 20.5 Å². The first-order chi connectivity index (χ1) is 3.00. The first-order valence-electron chi connectivity index (χ1n) is 1.11. The molecule has 0 aliphatic rings. The van der Waals surface area contributed by atoms with Gasteiger partial charge >= 0.3 is 10.1 Å². The van der Waals surface area contributed by atoms with Crippen molar-refractivity contribution in [1.29, 1.82) is 0 Å². The second-order valence-corrected chi connectivity index (χ2v) is 1.22. The van der Waals surface area contributed by atoms with Crippen LogP contribution in [0.3, 0.4) is 0 Å². The van der Waals surface area contributed by atoms with Crippen molar-refractivity contribution < 1.29 is 22.6 Å². The third kappa shape index (κ3) is 110000000. The summed E-state index contributed by atoms with van der Waals surface area (Å²) in [5.74, 6) is 0. The van der Waals surface area contributed by atoms with E-state index in [1.165, 1.54) is 0 Å². The zero-order valence-corrected chi connectivity index (χ0v) is 5.01. The molecule has 0 aromatic carbocycles. The molecule has 0 bridgehead atoms. The number of aliphatic hydroxyl groups excluding tert-OH is 1. The third-order valence-electron chi connectivity index (χ3n) is 0. The summed E-state index contributed by atoms with van der Waals surface area (Å²) in [6.07, 6.45) is 0. The van der Waals surface area contributed by atoms with Crippen molar-refractivity contribution in [3.63, 3.8) is 0 Å². The van der Waals surface area contributed by atoms with Crippen LogP contribution >= 0.6 is 0 Å². The molecule has 46 valence electrons. The molecule has 1 N–H and O–H groups in total. The van der Waals surface area contributed by atoms with Crippen LogP contribution in [-0.2, 0) is 10.4 Å². The molecule has 0 rings (SSSR count). The minimum absolute atomic E-state index is 0. The number of hydrogen-bond donors (Lipinski definition) is 1. The maximum absolute atomic E-state index is 8.52. The van der Waals surface area contributed by atoms with Gasteiger partial charge in [0.15, 0.2) is 0 Å². The fraction of sp³-hybridized carbons (Fsp3) is 1.00. The Morgan fingerprint density at radius 2 is 1.25 bits per heavy atom. The zero-order chi connectivity index (χ0) is 6.50. The molecule has 0 atom stereocenters. The van der Waals surface area contributed by atoms with Crippen molar-refractivity contribution in [3.05, 3.63) is 0 Å². The van der Waals surface area contributed by atoms with E-state index in [1.54, 1.807) is 0 Å². The summed E-state index contributed by atoms with van der Waals surface area (Å²) in [5, 5.41) is 7.00. The van der Waals surface area contributed by atoms with Crippen LogP contribution in [0.15, 0.2) is 0 Å². The van der Waals surface area contributed by atoms with E-state index in [4.69, 9.17) is 22.6 Å². The SMILES string of the molecule is CO.O=S(=O)([O-])[O-].[Be+2]. The molecule has 0 unspecified atom stereocenters. The Hall–Kier alpha value is -0.00117. The Kier molecular flexibility index (Phi) is 13.7. The summed E-state index contributed by atoms with van der Waals surface area (Å²) in [4.78, 5) is 0. The molecule has 0 aliphatic heterocycles. The number of rotatable bonds is 0. The van der Waals surface area contributed by atoms with Gasteiger partial charge in [0.1, 0.15) is 0 Å². The summed E-state index contributed by atoms with van der Waals surface area (Å²) in [6, 6.07) is 0. The normalized spacial score (nSPS) is 8.00. The predicted octanol–water partition coefficient (Wildman–Crippen LogP) is -2.11. The molecular weight excluding hydrogens is 133 g/mol. The van der Waals surface area contributed by atoms with Gasteiger partial charge in [-0.2, -0.15) is 0 Å². The van der Waals surface area contributed by atoms with Crippen molar-refractivity contribution in [2.45, 2.75) is 0 Å². The summed E-state index contributed by atoms with van der Waals surface area (Å²) in [7, 11) is -4.17. The van der Waals surface area contributed by atoms with Gasteiger partial charge in [-0.05, 0) is 0 Å². The quantitative estimate of drug-likeness (QED) is 0.234. The van der Waals surface area contributed by atoms with Crippen LogP contribution in [0.1, 0.15) is 0 Å². The molecule has 0 saturated carbocycles. The molecule has 0 aromatic heterocycles. The number of aliphatic hydroxyl groups is 1. The summed E-state index contributed by atoms with van der Waals surface area (Å²) in [5.41, 5.74) is 0. The van der Waals surface area contributed by atoms with Crippen LogP contribution in [0.2, 0.25) is 0 Å². The average molecular weight is 137 g/mol. The smallest absolute Gasteiger partial charge is 0.759 e. The van der Waals surface area contributed by atoms with Crippen LogP contribution in [0.5, 0.6) is 0 Å². The molecule has 0 radical (unpaired) electrons. The molecule has 0 amide bonds. The zero-order valence-electron chi connectivity index (χ0n) is 4.20. The van der Waals surface area contributed by atoms with Crippen LogP contribution < -0.4 is 0 Å². The maximum atomic E-state index is 8.52. The first-order valence-corrected chi connectivity index (χ1v) is 2.45. The minimum atomic E-state index is -5.17. The summed E-state index contributed by atoms with van der Waals surface area (Å²) >= 11 is 0. The molecule has 0 aromatic rings. The average Bonchev–Trinajstić information content (AvgIpc) is 1.36. The van der Waals surface area contributed by atoms with E-state index in [-0.39, 0.29) is 10.1 Å². The van der Waals surface area contributed by atoms with Gasteiger partial charge in [-0.15, -0.1) is 0 Å². The van der Waals surface area contributed by atoms with Gasteiger partial charge in [0.2, 0.25) is 0 Å². The molecule has 7 heteroatoms. The standard InChI is InChI=1S/CH4O.Be.H2O4S/c1-2;;1-5(2,3)4/h2H,1H3;;(H2,1,2,3,4)/q;+2;/p-2. The fourth-order valence-corrected chi connectivity index (χ4v) is 0. The van der Waals surface area contributed by atoms with Gasteiger partial charge < -0.3 is 14.2 Å². The van der Waals surface area contributed by atoms with Crippen LogP contribution in [0.25, 0.3) is 0 Å². The third-order valence-corrected chi connectivity index (χ3v) is 0. The molecule has 0 heterocycles.